The predicted octanol–water partition coefficient (Wildman–Crippen LogP) is 7.91. The number of ether oxygens (including phenoxy) is 1. The van der Waals surface area contributed by atoms with Crippen LogP contribution < -0.4 is 4.74 Å². The summed E-state index contributed by atoms with van der Waals surface area (Å²) in [6.45, 7) is 8.02. The Morgan fingerprint density at radius 3 is 2.27 bits per heavy atom. The van der Waals surface area contributed by atoms with E-state index in [-0.39, 0.29) is 5.92 Å². The van der Waals surface area contributed by atoms with Crippen LogP contribution in [0, 0.1) is 22.7 Å². The van der Waals surface area contributed by atoms with E-state index in [4.69, 9.17) is 4.74 Å². The number of carbonyl (C=O) groups excluding carboxylic acids is 1. The summed E-state index contributed by atoms with van der Waals surface area (Å²) < 4.78 is 5.53. The number of hydrogen-bond donors (Lipinski definition) is 0. The van der Waals surface area contributed by atoms with Crippen LogP contribution in [-0.4, -0.2) is 11.0 Å². The second kappa shape index (κ2) is 13.8. The summed E-state index contributed by atoms with van der Waals surface area (Å²) in [4.78, 5) is 17.2. The molecule has 33 heavy (non-hydrogen) atoms. The van der Waals surface area contributed by atoms with Crippen LogP contribution in [-0.2, 0) is 11.2 Å². The number of esters is 1. The smallest absolute Gasteiger partial charge is 0.331 e. The topological polar surface area (TPSA) is 63.0 Å². The van der Waals surface area contributed by atoms with Gasteiger partial charge in [0.2, 0.25) is 0 Å². The van der Waals surface area contributed by atoms with Crippen LogP contribution in [0.2, 0.25) is 0 Å². The van der Waals surface area contributed by atoms with Crippen molar-refractivity contribution in [3.05, 3.63) is 48.2 Å². The highest BCUT2D eigenvalue weighted by atomic mass is 16.5. The molecule has 0 amide bonds. The van der Waals surface area contributed by atoms with Gasteiger partial charge in [-0.3, -0.25) is 4.98 Å². The van der Waals surface area contributed by atoms with Gasteiger partial charge in [0.1, 0.15) is 5.75 Å². The van der Waals surface area contributed by atoms with Crippen molar-refractivity contribution in [2.24, 2.45) is 11.3 Å². The number of carbonyl (C=O) groups is 1. The van der Waals surface area contributed by atoms with Crippen LogP contribution in [0.3, 0.4) is 0 Å². The number of aromatic nitrogens is 1. The van der Waals surface area contributed by atoms with E-state index in [0.717, 1.165) is 24.1 Å². The largest absolute Gasteiger partial charge is 0.425 e. The molecule has 2 aromatic rings. The summed E-state index contributed by atoms with van der Waals surface area (Å²) in [5, 5.41) is 9.55. The van der Waals surface area contributed by atoms with Crippen LogP contribution >= 0.6 is 0 Å². The first-order valence-corrected chi connectivity index (χ1v) is 12.6. The van der Waals surface area contributed by atoms with Gasteiger partial charge in [0.15, 0.2) is 5.41 Å². The fraction of sp³-hybridized carbons (Fsp3) is 0.552. The number of hydrogen-bond acceptors (Lipinski definition) is 4. The molecule has 0 N–H and O–H groups in total. The minimum absolute atomic E-state index is 0.282. The quantitative estimate of drug-likeness (QED) is 0.167. The van der Waals surface area contributed by atoms with E-state index in [9.17, 15) is 10.1 Å². The van der Waals surface area contributed by atoms with Gasteiger partial charge in [-0.2, -0.15) is 5.26 Å². The summed E-state index contributed by atoms with van der Waals surface area (Å²) in [5.41, 5.74) is 2.01. The first-order chi connectivity index (χ1) is 15.9. The highest BCUT2D eigenvalue weighted by Crippen LogP contribution is 2.30. The summed E-state index contributed by atoms with van der Waals surface area (Å²) >= 11 is 0. The Morgan fingerprint density at radius 1 is 1.03 bits per heavy atom. The third kappa shape index (κ3) is 8.65. The summed E-state index contributed by atoms with van der Waals surface area (Å²) in [6, 6.07) is 13.7. The average Bonchev–Trinajstić information content (AvgIpc) is 2.84. The van der Waals surface area contributed by atoms with Crippen LogP contribution in [0.4, 0.5) is 0 Å². The maximum Gasteiger partial charge on any atom is 0.331 e. The molecule has 0 saturated carbocycles. The molecule has 0 radical (unpaired) electrons. The maximum absolute atomic E-state index is 12.6. The fourth-order valence-electron chi connectivity index (χ4n) is 3.96. The minimum Gasteiger partial charge on any atom is -0.425 e. The minimum atomic E-state index is -1.14. The number of nitrogens with zero attached hydrogens (tertiary/aromatic N) is 2. The molecule has 4 nitrogen and oxygen atoms in total. The number of rotatable bonds is 14. The van der Waals surface area contributed by atoms with E-state index in [2.05, 4.69) is 37.0 Å². The number of pyridine rings is 1. The lowest BCUT2D eigenvalue weighted by molar-refractivity contribution is -0.142. The Kier molecular flexibility index (Phi) is 11.1. The molecule has 0 aliphatic carbocycles. The first kappa shape index (κ1) is 26.6. The van der Waals surface area contributed by atoms with Crippen molar-refractivity contribution in [3.8, 4) is 23.1 Å². The van der Waals surface area contributed by atoms with Crippen LogP contribution in [0.25, 0.3) is 11.3 Å². The van der Waals surface area contributed by atoms with Gasteiger partial charge in [0, 0.05) is 11.8 Å². The van der Waals surface area contributed by atoms with Gasteiger partial charge in [-0.15, -0.1) is 0 Å². The zero-order valence-electron chi connectivity index (χ0n) is 20.9. The monoisotopic (exact) mass is 448 g/mol. The van der Waals surface area contributed by atoms with Crippen molar-refractivity contribution in [1.29, 1.82) is 5.26 Å². The lowest BCUT2D eigenvalue weighted by Crippen LogP contribution is -2.32. The molecule has 0 aliphatic rings. The van der Waals surface area contributed by atoms with Crippen LogP contribution in [0.1, 0.15) is 91.0 Å². The van der Waals surface area contributed by atoms with E-state index in [1.54, 1.807) is 19.1 Å². The molecular weight excluding hydrogens is 408 g/mol. The molecule has 1 aromatic heterocycles. The Labute approximate surface area is 200 Å². The van der Waals surface area contributed by atoms with Crippen LogP contribution in [0.5, 0.6) is 5.75 Å². The molecule has 0 spiro atoms. The van der Waals surface area contributed by atoms with E-state index >= 15 is 0 Å². The van der Waals surface area contributed by atoms with Gasteiger partial charge >= 0.3 is 5.97 Å². The van der Waals surface area contributed by atoms with Crippen molar-refractivity contribution in [3.63, 3.8) is 0 Å². The highest BCUT2D eigenvalue weighted by Gasteiger charge is 2.36. The van der Waals surface area contributed by atoms with Crippen molar-refractivity contribution in [2.75, 3.05) is 0 Å². The molecule has 178 valence electrons. The van der Waals surface area contributed by atoms with E-state index in [0.29, 0.717) is 12.2 Å². The highest BCUT2D eigenvalue weighted by molar-refractivity contribution is 5.81. The number of aryl methyl sites for hydroxylation is 1. The molecule has 1 heterocycles. The average molecular weight is 449 g/mol. The number of nitriles is 1. The zero-order valence-corrected chi connectivity index (χ0v) is 20.9. The lowest BCUT2D eigenvalue weighted by Gasteiger charge is -2.22. The SMILES string of the molecule is CCCCCCCCCc1ccc(-c2ccc(OC(=O)C(C)(C#N)CC(C)CC)cc2)nc1. The Balaban J connectivity index is 1.88. The van der Waals surface area contributed by atoms with E-state index in [1.165, 1.54) is 50.5 Å². The molecular formula is C29H40N2O2. The zero-order chi connectivity index (χ0) is 24.1. The molecule has 0 aliphatic heterocycles. The predicted molar refractivity (Wildman–Crippen MR) is 135 cm³/mol. The molecule has 2 unspecified atom stereocenters. The lowest BCUT2D eigenvalue weighted by atomic mass is 9.82. The van der Waals surface area contributed by atoms with Gasteiger partial charge < -0.3 is 4.74 Å². The second-order valence-corrected chi connectivity index (χ2v) is 9.50. The van der Waals surface area contributed by atoms with Gasteiger partial charge in [0.05, 0.1) is 11.8 Å². The molecule has 2 atom stereocenters. The van der Waals surface area contributed by atoms with Crippen molar-refractivity contribution < 1.29 is 9.53 Å². The Hall–Kier alpha value is -2.67. The molecule has 1 aromatic carbocycles. The second-order valence-electron chi connectivity index (χ2n) is 9.50. The molecule has 0 fully saturated rings. The maximum atomic E-state index is 12.6. The molecule has 2 rings (SSSR count). The van der Waals surface area contributed by atoms with E-state index < -0.39 is 11.4 Å². The van der Waals surface area contributed by atoms with Crippen molar-refractivity contribution in [2.45, 2.75) is 91.9 Å². The number of benzene rings is 1. The Morgan fingerprint density at radius 2 is 1.70 bits per heavy atom. The number of unbranched alkanes of at least 4 members (excludes halogenated alkanes) is 6. The third-order valence-electron chi connectivity index (χ3n) is 6.41. The Bertz CT molecular complexity index is 883. The summed E-state index contributed by atoms with van der Waals surface area (Å²) in [5.74, 6) is 0.236. The normalized spacial score (nSPS) is 13.7. The van der Waals surface area contributed by atoms with Gasteiger partial charge in [-0.25, -0.2) is 4.79 Å². The van der Waals surface area contributed by atoms with E-state index in [1.807, 2.05) is 25.3 Å². The van der Waals surface area contributed by atoms with Crippen molar-refractivity contribution >= 4 is 5.97 Å². The summed E-state index contributed by atoms with van der Waals surface area (Å²) in [7, 11) is 0. The first-order valence-electron chi connectivity index (χ1n) is 12.6. The summed E-state index contributed by atoms with van der Waals surface area (Å²) in [6.07, 6.45) is 13.6. The molecule has 0 bridgehead atoms. The fourth-order valence-corrected chi connectivity index (χ4v) is 3.96. The van der Waals surface area contributed by atoms with Gasteiger partial charge in [0.25, 0.3) is 0 Å². The van der Waals surface area contributed by atoms with Gasteiger partial charge in [-0.1, -0.05) is 71.8 Å². The van der Waals surface area contributed by atoms with Gasteiger partial charge in [-0.05, 0) is 68.0 Å². The van der Waals surface area contributed by atoms with Crippen LogP contribution in [0.15, 0.2) is 42.6 Å². The molecule has 0 saturated heterocycles. The van der Waals surface area contributed by atoms with Crippen molar-refractivity contribution in [1.82, 2.24) is 4.98 Å². The molecule has 4 heteroatoms. The third-order valence-corrected chi connectivity index (χ3v) is 6.41. The standard InChI is InChI=1S/C29H40N2O2/c1-5-7-8-9-10-11-12-13-24-14-19-27(31-21-24)25-15-17-26(18-16-25)33-28(32)29(4,22-30)20-23(3)6-2/h14-19,21,23H,5-13,20H2,1-4H3.